The number of halogens is 3. The molecule has 180 valence electrons. The molecule has 0 spiro atoms. The van der Waals surface area contributed by atoms with E-state index < -0.39 is 18.1 Å². The number of hydrogen-bond acceptors (Lipinski definition) is 7. The Bertz CT molecular complexity index is 1360. The zero-order valence-electron chi connectivity index (χ0n) is 18.7. The molecule has 11 heteroatoms. The third kappa shape index (κ3) is 4.31. The number of fused-ring (bicyclic) bond motifs is 1. The molecule has 0 radical (unpaired) electrons. The Labute approximate surface area is 198 Å². The van der Waals surface area contributed by atoms with E-state index in [-0.39, 0.29) is 23.7 Å². The van der Waals surface area contributed by atoms with Crippen LogP contribution in [0.3, 0.4) is 0 Å². The van der Waals surface area contributed by atoms with Crippen molar-refractivity contribution < 1.29 is 17.6 Å². The smallest absolute Gasteiger partial charge is 0.314 e. The van der Waals surface area contributed by atoms with Gasteiger partial charge in [-0.15, -0.1) is 15.3 Å². The first-order valence-corrected chi connectivity index (χ1v) is 11.6. The van der Waals surface area contributed by atoms with E-state index in [0.717, 1.165) is 31.1 Å². The summed E-state index contributed by atoms with van der Waals surface area (Å²) in [5.41, 5.74) is 4.63. The lowest BCUT2D eigenvalue weighted by Gasteiger charge is -2.40. The highest BCUT2D eigenvalue weighted by Crippen LogP contribution is 2.31. The first kappa shape index (κ1) is 21.9. The van der Waals surface area contributed by atoms with Crippen LogP contribution in [0, 0.1) is 5.82 Å². The van der Waals surface area contributed by atoms with Gasteiger partial charge in [0.25, 0.3) is 5.89 Å². The van der Waals surface area contributed by atoms with Crippen LogP contribution in [-0.4, -0.2) is 47.7 Å². The zero-order valence-corrected chi connectivity index (χ0v) is 18.7. The van der Waals surface area contributed by atoms with Gasteiger partial charge in [-0.05, 0) is 42.5 Å². The third-order valence-electron chi connectivity index (χ3n) is 6.78. The van der Waals surface area contributed by atoms with E-state index in [0.29, 0.717) is 11.7 Å². The van der Waals surface area contributed by atoms with E-state index in [9.17, 15) is 13.2 Å². The summed E-state index contributed by atoms with van der Waals surface area (Å²) in [6.45, 7) is 2.14. The minimum absolute atomic E-state index is 0.0611. The molecule has 0 amide bonds. The summed E-state index contributed by atoms with van der Waals surface area (Å²) >= 11 is 0. The topological polar surface area (TPSA) is 85.8 Å². The molecular formula is C24H22F3N7O. The maximum Gasteiger partial charge on any atom is 0.314 e. The van der Waals surface area contributed by atoms with Gasteiger partial charge in [-0.3, -0.25) is 9.88 Å². The van der Waals surface area contributed by atoms with Crippen LogP contribution in [0.5, 0.6) is 0 Å². The maximum atomic E-state index is 14.7. The first-order chi connectivity index (χ1) is 17.0. The van der Waals surface area contributed by atoms with Crippen LogP contribution in [0.1, 0.15) is 48.4 Å². The molecule has 6 rings (SSSR count). The number of aromatic nitrogens is 6. The van der Waals surface area contributed by atoms with Crippen LogP contribution >= 0.6 is 0 Å². The Morgan fingerprint density at radius 2 is 1.94 bits per heavy atom. The van der Waals surface area contributed by atoms with Crippen molar-refractivity contribution in [3.8, 4) is 22.7 Å². The second-order valence-corrected chi connectivity index (χ2v) is 8.99. The highest BCUT2D eigenvalue weighted by molar-refractivity contribution is 5.60. The summed E-state index contributed by atoms with van der Waals surface area (Å²) in [4.78, 5) is 6.67. The van der Waals surface area contributed by atoms with Gasteiger partial charge in [0.15, 0.2) is 0 Å². The summed E-state index contributed by atoms with van der Waals surface area (Å²) in [7, 11) is 0. The van der Waals surface area contributed by atoms with E-state index in [4.69, 9.17) is 4.42 Å². The van der Waals surface area contributed by atoms with Gasteiger partial charge in [0.05, 0.1) is 24.0 Å². The minimum Gasteiger partial charge on any atom is -0.415 e. The highest BCUT2D eigenvalue weighted by atomic mass is 19.3. The first-order valence-electron chi connectivity index (χ1n) is 11.6. The second-order valence-electron chi connectivity index (χ2n) is 8.99. The largest absolute Gasteiger partial charge is 0.415 e. The number of benzene rings is 1. The fourth-order valence-electron chi connectivity index (χ4n) is 4.60. The highest BCUT2D eigenvalue weighted by Gasteiger charge is 2.28. The summed E-state index contributed by atoms with van der Waals surface area (Å²) in [5.74, 6) is -1.68. The summed E-state index contributed by atoms with van der Waals surface area (Å²) in [6, 6.07) is 8.24. The molecule has 0 atom stereocenters. The number of alkyl halides is 2. The standard InChI is InChI=1S/C24H22F3N7O/c25-19-9-16(23-30-31-24(35-23)22(26)27)10-28-21(19)13-34-12-20(29-32-34)15-5-4-14-6-7-33(11-17(14)8-15)18-2-1-3-18/h4-5,8-10,12,18,22H,1-3,6-7,11,13H2. The van der Waals surface area contributed by atoms with Gasteiger partial charge in [-0.25, -0.2) is 9.07 Å². The lowest BCUT2D eigenvalue weighted by atomic mass is 9.88. The molecule has 1 aliphatic carbocycles. The molecule has 8 nitrogen and oxygen atoms in total. The Hall–Kier alpha value is -3.60. The molecule has 1 saturated carbocycles. The molecule has 1 aliphatic heterocycles. The molecule has 0 unspecified atom stereocenters. The van der Waals surface area contributed by atoms with E-state index in [1.807, 2.05) is 0 Å². The minimum atomic E-state index is -2.90. The Morgan fingerprint density at radius 3 is 2.69 bits per heavy atom. The maximum absolute atomic E-state index is 14.7. The molecule has 0 bridgehead atoms. The molecule has 3 aromatic heterocycles. The van der Waals surface area contributed by atoms with Crippen molar-refractivity contribution >= 4 is 0 Å². The number of pyridine rings is 1. The lowest BCUT2D eigenvalue weighted by molar-refractivity contribution is 0.113. The van der Waals surface area contributed by atoms with E-state index >= 15 is 0 Å². The van der Waals surface area contributed by atoms with Crippen molar-refractivity contribution in [1.82, 2.24) is 35.1 Å². The molecule has 0 N–H and O–H groups in total. The summed E-state index contributed by atoms with van der Waals surface area (Å²) < 4.78 is 46.4. The fraction of sp³-hybridized carbons (Fsp3) is 0.375. The predicted octanol–water partition coefficient (Wildman–Crippen LogP) is 4.43. The second kappa shape index (κ2) is 8.88. The fourth-order valence-corrected chi connectivity index (χ4v) is 4.60. The molecule has 4 heterocycles. The molecular weight excluding hydrogens is 459 g/mol. The summed E-state index contributed by atoms with van der Waals surface area (Å²) in [5, 5.41) is 15.2. The van der Waals surface area contributed by atoms with Crippen LogP contribution < -0.4 is 0 Å². The van der Waals surface area contributed by atoms with E-state index in [1.165, 1.54) is 41.3 Å². The van der Waals surface area contributed by atoms with Crippen LogP contribution in [-0.2, 0) is 19.5 Å². The quantitative estimate of drug-likeness (QED) is 0.403. The molecule has 4 aromatic rings. The molecule has 2 aliphatic rings. The number of nitrogens with zero attached hydrogens (tertiary/aromatic N) is 7. The average molecular weight is 481 g/mol. The van der Waals surface area contributed by atoms with Crippen LogP contribution in [0.2, 0.25) is 0 Å². The monoisotopic (exact) mass is 481 g/mol. The van der Waals surface area contributed by atoms with Gasteiger partial charge in [-0.1, -0.05) is 23.8 Å². The van der Waals surface area contributed by atoms with Gasteiger partial charge in [0.2, 0.25) is 5.89 Å². The SMILES string of the molecule is Fc1cc(-c2nnc(C(F)F)o2)cnc1Cn1cc(-c2ccc3c(c2)CN(C2CCC2)CC3)nn1. The van der Waals surface area contributed by atoms with Crippen molar-refractivity contribution in [2.24, 2.45) is 0 Å². The molecule has 0 saturated heterocycles. The van der Waals surface area contributed by atoms with E-state index in [2.05, 4.69) is 48.6 Å². The Balaban J connectivity index is 1.17. The van der Waals surface area contributed by atoms with Gasteiger partial charge in [0.1, 0.15) is 11.5 Å². The molecule has 35 heavy (non-hydrogen) atoms. The van der Waals surface area contributed by atoms with Gasteiger partial charge < -0.3 is 4.42 Å². The van der Waals surface area contributed by atoms with Crippen LogP contribution in [0.15, 0.2) is 41.1 Å². The summed E-state index contributed by atoms with van der Waals surface area (Å²) in [6.07, 6.45) is 5.14. The van der Waals surface area contributed by atoms with Crippen molar-refractivity contribution in [2.45, 2.75) is 51.2 Å². The predicted molar refractivity (Wildman–Crippen MR) is 119 cm³/mol. The van der Waals surface area contributed by atoms with Gasteiger partial charge >= 0.3 is 6.43 Å². The molecule has 1 fully saturated rings. The Kier molecular flexibility index (Phi) is 5.56. The van der Waals surface area contributed by atoms with Gasteiger partial charge in [-0.2, -0.15) is 8.78 Å². The Morgan fingerprint density at radius 1 is 1.06 bits per heavy atom. The van der Waals surface area contributed by atoms with Crippen LogP contribution in [0.25, 0.3) is 22.7 Å². The molecule has 1 aromatic carbocycles. The zero-order chi connectivity index (χ0) is 23.9. The number of rotatable bonds is 6. The van der Waals surface area contributed by atoms with Crippen molar-refractivity contribution in [3.63, 3.8) is 0 Å². The van der Waals surface area contributed by atoms with Crippen molar-refractivity contribution in [3.05, 3.63) is 65.2 Å². The van der Waals surface area contributed by atoms with Crippen LogP contribution in [0.4, 0.5) is 13.2 Å². The third-order valence-corrected chi connectivity index (χ3v) is 6.78. The van der Waals surface area contributed by atoms with Gasteiger partial charge in [0, 0.05) is 30.9 Å². The normalized spacial score (nSPS) is 16.5. The van der Waals surface area contributed by atoms with Crippen molar-refractivity contribution in [2.75, 3.05) is 6.54 Å². The lowest BCUT2D eigenvalue weighted by Crippen LogP contribution is -2.42. The number of hydrogen-bond donors (Lipinski definition) is 0. The average Bonchev–Trinajstić information content (AvgIpc) is 3.49. The van der Waals surface area contributed by atoms with E-state index in [1.54, 1.807) is 6.20 Å². The van der Waals surface area contributed by atoms with Crippen molar-refractivity contribution in [1.29, 1.82) is 0 Å².